The summed E-state index contributed by atoms with van der Waals surface area (Å²) in [5, 5.41) is 16.8. The molecule has 9 heteroatoms. The van der Waals surface area contributed by atoms with Crippen LogP contribution in [0.25, 0.3) is 0 Å². The van der Waals surface area contributed by atoms with Crippen LogP contribution in [0.15, 0.2) is 33.3 Å². The van der Waals surface area contributed by atoms with E-state index in [1.165, 1.54) is 39.9 Å². The zero-order chi connectivity index (χ0) is 18.2. The van der Waals surface area contributed by atoms with Gasteiger partial charge in [0.2, 0.25) is 11.0 Å². The summed E-state index contributed by atoms with van der Waals surface area (Å²) in [4.78, 5) is 17.7. The Morgan fingerprint density at radius 1 is 1.26 bits per heavy atom. The van der Waals surface area contributed by atoms with Crippen molar-refractivity contribution in [3.05, 3.63) is 44.3 Å². The zero-order valence-electron chi connectivity index (χ0n) is 14.5. The van der Waals surface area contributed by atoms with E-state index in [1.807, 2.05) is 4.90 Å². The molecular weight excluding hydrogens is 416 g/mol. The van der Waals surface area contributed by atoms with Gasteiger partial charge in [0.1, 0.15) is 0 Å². The van der Waals surface area contributed by atoms with Crippen LogP contribution in [0.4, 0.5) is 5.13 Å². The largest absolute Gasteiger partial charge is 0.357 e. The highest BCUT2D eigenvalue weighted by Crippen LogP contribution is 2.40. The number of aromatic nitrogens is 2. The average molecular weight is 435 g/mol. The fourth-order valence-corrected chi connectivity index (χ4v) is 6.75. The lowest BCUT2D eigenvalue weighted by molar-refractivity contribution is -0.130. The van der Waals surface area contributed by atoms with E-state index >= 15 is 0 Å². The molecule has 1 N–H and O–H groups in total. The van der Waals surface area contributed by atoms with E-state index in [4.69, 9.17) is 0 Å². The maximum absolute atomic E-state index is 13.1. The Balaban J connectivity index is 1.29. The summed E-state index contributed by atoms with van der Waals surface area (Å²) in [7, 11) is 0. The highest BCUT2D eigenvalue weighted by atomic mass is 32.2. The molecule has 5 nitrogen and oxygen atoms in total. The van der Waals surface area contributed by atoms with Crippen LogP contribution >= 0.6 is 45.8 Å². The van der Waals surface area contributed by atoms with Crippen LogP contribution in [0.5, 0.6) is 0 Å². The van der Waals surface area contributed by atoms with Gasteiger partial charge < -0.3 is 10.2 Å². The molecule has 2 aliphatic rings. The number of amides is 1. The van der Waals surface area contributed by atoms with Crippen molar-refractivity contribution >= 4 is 56.8 Å². The molecule has 1 aliphatic carbocycles. The van der Waals surface area contributed by atoms with E-state index in [0.29, 0.717) is 11.8 Å². The average Bonchev–Trinajstić information content (AvgIpc) is 3.13. The Morgan fingerprint density at radius 2 is 2.19 bits per heavy atom. The Bertz CT molecular complexity index is 931. The van der Waals surface area contributed by atoms with Crippen molar-refractivity contribution in [2.75, 3.05) is 17.6 Å². The van der Waals surface area contributed by atoms with Gasteiger partial charge in [-0.25, -0.2) is 0 Å². The van der Waals surface area contributed by atoms with Gasteiger partial charge in [-0.3, -0.25) is 4.79 Å². The lowest BCUT2D eigenvalue weighted by Crippen LogP contribution is -2.40. The second-order valence-corrected chi connectivity index (χ2v) is 10.8. The van der Waals surface area contributed by atoms with Crippen LogP contribution in [-0.4, -0.2) is 39.3 Å². The lowest BCUT2D eigenvalue weighted by atomic mass is 9.98. The summed E-state index contributed by atoms with van der Waals surface area (Å²) < 4.78 is 0.854. The fourth-order valence-electron chi connectivity index (χ4n) is 3.27. The summed E-state index contributed by atoms with van der Waals surface area (Å²) in [5.74, 6) is 0.571. The van der Waals surface area contributed by atoms with Crippen LogP contribution < -0.4 is 5.32 Å². The molecule has 1 amide bonds. The molecule has 3 aromatic heterocycles. The quantitative estimate of drug-likeness (QED) is 0.579. The Kier molecular flexibility index (Phi) is 4.93. The van der Waals surface area contributed by atoms with Crippen molar-refractivity contribution in [2.24, 2.45) is 0 Å². The van der Waals surface area contributed by atoms with Gasteiger partial charge in [-0.1, -0.05) is 29.2 Å². The minimum absolute atomic E-state index is 0.0506. The van der Waals surface area contributed by atoms with Crippen molar-refractivity contribution in [1.82, 2.24) is 15.1 Å². The highest BCUT2D eigenvalue weighted by molar-refractivity contribution is 8.01. The third kappa shape index (κ3) is 3.78. The normalized spacial score (nSPS) is 19.1. The van der Waals surface area contributed by atoms with Crippen LogP contribution in [-0.2, 0) is 11.2 Å². The molecule has 0 aromatic carbocycles. The minimum Gasteiger partial charge on any atom is -0.357 e. The number of nitrogens with zero attached hydrogens (tertiary/aromatic N) is 3. The van der Waals surface area contributed by atoms with Crippen LogP contribution in [0.3, 0.4) is 0 Å². The van der Waals surface area contributed by atoms with Gasteiger partial charge in [0.25, 0.3) is 0 Å². The molecule has 3 aromatic rings. The molecule has 1 atom stereocenters. The molecule has 0 spiro atoms. The Morgan fingerprint density at radius 3 is 3.00 bits per heavy atom. The number of nitrogens with one attached hydrogen (secondary N) is 1. The molecule has 27 heavy (non-hydrogen) atoms. The molecule has 0 radical (unpaired) electrons. The summed E-state index contributed by atoms with van der Waals surface area (Å²) in [6.07, 6.45) is 3.37. The van der Waals surface area contributed by atoms with Crippen molar-refractivity contribution in [2.45, 2.75) is 35.7 Å². The Labute approximate surface area is 173 Å². The van der Waals surface area contributed by atoms with Crippen molar-refractivity contribution in [3.63, 3.8) is 0 Å². The SMILES string of the molecule is O=C(CSc1nnc(NC2CC2)s1)N1CCc2sccc2[C@H]1c1cccs1. The standard InChI is InChI=1S/C18H18N4OS4/c23-15(10-26-18-21-20-17(27-18)19-11-3-4-11)22-7-5-13-12(6-9-25-13)16(22)14-2-1-8-24-14/h1-2,6,8-9,11,16H,3-5,7,10H2,(H,19,20)/t16-/m0/s1. The summed E-state index contributed by atoms with van der Waals surface area (Å²) in [5.41, 5.74) is 1.29. The first-order chi connectivity index (χ1) is 13.3. The maximum atomic E-state index is 13.1. The van der Waals surface area contributed by atoms with Crippen molar-refractivity contribution < 1.29 is 4.79 Å². The minimum atomic E-state index is 0.0506. The van der Waals surface area contributed by atoms with Crippen LogP contribution in [0.2, 0.25) is 0 Å². The van der Waals surface area contributed by atoms with Gasteiger partial charge in [0, 0.05) is 22.3 Å². The first-order valence-electron chi connectivity index (χ1n) is 8.90. The second-order valence-electron chi connectivity index (χ2n) is 6.63. The first kappa shape index (κ1) is 17.7. The van der Waals surface area contributed by atoms with E-state index in [9.17, 15) is 4.79 Å². The van der Waals surface area contributed by atoms with Gasteiger partial charge in [0.05, 0.1) is 11.8 Å². The number of thiophene rings is 2. The number of carbonyl (C=O) groups is 1. The molecule has 4 heterocycles. The van der Waals surface area contributed by atoms with Crippen LogP contribution in [0, 0.1) is 0 Å². The third-order valence-corrected chi connectivity index (χ3v) is 8.62. The van der Waals surface area contributed by atoms with Gasteiger partial charge in [-0.15, -0.1) is 32.9 Å². The van der Waals surface area contributed by atoms with Gasteiger partial charge in [-0.2, -0.15) is 0 Å². The first-order valence-corrected chi connectivity index (χ1v) is 12.5. The smallest absolute Gasteiger partial charge is 0.233 e. The number of thioether (sulfide) groups is 1. The number of rotatable bonds is 6. The molecule has 1 saturated carbocycles. The van der Waals surface area contributed by atoms with Crippen molar-refractivity contribution in [3.8, 4) is 0 Å². The molecule has 1 aliphatic heterocycles. The Hall–Kier alpha value is -1.42. The molecule has 1 fully saturated rings. The summed E-state index contributed by atoms with van der Waals surface area (Å²) in [6, 6.07) is 6.99. The summed E-state index contributed by atoms with van der Waals surface area (Å²) >= 11 is 6.56. The molecule has 0 bridgehead atoms. The van der Waals surface area contributed by atoms with E-state index in [-0.39, 0.29) is 11.9 Å². The number of fused-ring (bicyclic) bond motifs is 1. The van der Waals surface area contributed by atoms with E-state index in [0.717, 1.165) is 22.4 Å². The lowest BCUT2D eigenvalue weighted by Gasteiger charge is -2.35. The zero-order valence-corrected chi connectivity index (χ0v) is 17.7. The number of anilines is 1. The molecule has 140 valence electrons. The predicted octanol–water partition coefficient (Wildman–Crippen LogP) is 4.50. The second kappa shape index (κ2) is 7.54. The van der Waals surface area contributed by atoms with Crippen LogP contribution in [0.1, 0.15) is 34.2 Å². The molecule has 0 saturated heterocycles. The monoisotopic (exact) mass is 434 g/mol. The number of hydrogen-bond donors (Lipinski definition) is 1. The highest BCUT2D eigenvalue weighted by Gasteiger charge is 2.33. The molecule has 5 rings (SSSR count). The van der Waals surface area contributed by atoms with E-state index in [1.54, 1.807) is 34.0 Å². The topological polar surface area (TPSA) is 58.1 Å². The van der Waals surface area contributed by atoms with Gasteiger partial charge in [-0.05, 0) is 47.7 Å². The maximum Gasteiger partial charge on any atom is 0.233 e. The van der Waals surface area contributed by atoms with E-state index < -0.39 is 0 Å². The van der Waals surface area contributed by atoms with Gasteiger partial charge in [0.15, 0.2) is 4.34 Å². The predicted molar refractivity (Wildman–Crippen MR) is 113 cm³/mol. The molecular formula is C18H18N4OS4. The summed E-state index contributed by atoms with van der Waals surface area (Å²) in [6.45, 7) is 0.778. The van der Waals surface area contributed by atoms with Gasteiger partial charge >= 0.3 is 0 Å². The van der Waals surface area contributed by atoms with Crippen molar-refractivity contribution in [1.29, 1.82) is 0 Å². The third-order valence-electron chi connectivity index (χ3n) is 4.73. The van der Waals surface area contributed by atoms with E-state index in [2.05, 4.69) is 44.5 Å². The molecule has 0 unspecified atom stereocenters. The fraction of sp³-hybridized carbons (Fsp3) is 0.389. The number of carbonyl (C=O) groups excluding carboxylic acids is 1. The number of hydrogen-bond acceptors (Lipinski definition) is 8.